The lowest BCUT2D eigenvalue weighted by Gasteiger charge is -2.19. The van der Waals surface area contributed by atoms with E-state index < -0.39 is 60.6 Å². The van der Waals surface area contributed by atoms with Crippen LogP contribution in [0.4, 0.5) is 10.6 Å². The van der Waals surface area contributed by atoms with Gasteiger partial charge >= 0.3 is 29.6 Å². The van der Waals surface area contributed by atoms with Crippen molar-refractivity contribution >= 4 is 85.5 Å². The van der Waals surface area contributed by atoms with Crippen molar-refractivity contribution in [2.75, 3.05) is 37.5 Å². The molecule has 6 unspecified atom stereocenters. The van der Waals surface area contributed by atoms with Crippen molar-refractivity contribution in [1.29, 1.82) is 0 Å². The highest BCUT2D eigenvalue weighted by molar-refractivity contribution is 8.76. The van der Waals surface area contributed by atoms with Gasteiger partial charge in [-0.15, -0.1) is 0 Å². The maximum absolute atomic E-state index is 13.5. The summed E-state index contributed by atoms with van der Waals surface area (Å²) in [6.07, 6.45) is 2.38. The van der Waals surface area contributed by atoms with Crippen LogP contribution in [0.15, 0.2) is 61.1 Å². The number of carbonyl (C=O) groups excluding carboxylic acids is 4. The van der Waals surface area contributed by atoms with E-state index in [-0.39, 0.29) is 79.3 Å². The van der Waals surface area contributed by atoms with Crippen molar-refractivity contribution in [1.82, 2.24) is 25.2 Å². The Balaban J connectivity index is 0.973. The first-order valence-corrected chi connectivity index (χ1v) is 29.6. The summed E-state index contributed by atoms with van der Waals surface area (Å²) in [5.74, 6) is 6.32. The Bertz CT molecular complexity index is 2760. The van der Waals surface area contributed by atoms with E-state index in [1.54, 1.807) is 7.05 Å². The summed E-state index contributed by atoms with van der Waals surface area (Å²) in [7, 11) is -12.5. The van der Waals surface area contributed by atoms with Gasteiger partial charge in [0.15, 0.2) is 5.78 Å². The average Bonchev–Trinajstić information content (AvgIpc) is 3.99. The number of amides is 2. The van der Waals surface area contributed by atoms with Gasteiger partial charge in [-0.25, -0.2) is 28.5 Å². The molecule has 28 heteroatoms. The Kier molecular flexibility index (Phi) is 20.6. The normalized spacial score (nSPS) is 18.5. The Morgan fingerprint density at radius 2 is 1.57 bits per heavy atom. The van der Waals surface area contributed by atoms with Crippen molar-refractivity contribution in [3.63, 3.8) is 0 Å². The molecule has 9 N–H and O–H groups in total. The van der Waals surface area contributed by atoms with E-state index in [0.717, 1.165) is 35.1 Å². The molecule has 6 atom stereocenters. The number of benzene rings is 2. The van der Waals surface area contributed by atoms with Crippen molar-refractivity contribution < 1.29 is 80.2 Å². The molecule has 2 amide bonds. The smallest absolute Gasteiger partial charge is 0.449 e. The predicted molar refractivity (Wildman–Crippen MR) is 266 cm³/mol. The molecule has 0 spiro atoms. The first kappa shape index (κ1) is 56.8. The maximum atomic E-state index is 13.5. The van der Waals surface area contributed by atoms with Crippen LogP contribution in [0.25, 0.3) is 22.2 Å². The van der Waals surface area contributed by atoms with Crippen LogP contribution in [0.1, 0.15) is 93.0 Å². The van der Waals surface area contributed by atoms with Crippen LogP contribution in [0.5, 0.6) is 0 Å². The van der Waals surface area contributed by atoms with Gasteiger partial charge < -0.3 is 55.1 Å². The molecule has 2 aromatic heterocycles. The molecule has 0 bridgehead atoms. The van der Waals surface area contributed by atoms with E-state index >= 15 is 0 Å². The first-order chi connectivity index (χ1) is 34.2. The highest BCUT2D eigenvalue weighted by Gasteiger charge is 2.43. The summed E-state index contributed by atoms with van der Waals surface area (Å²) in [6, 6.07) is 15.2. The van der Waals surface area contributed by atoms with Crippen LogP contribution in [0, 0.1) is 11.8 Å². The highest BCUT2D eigenvalue weighted by Crippen LogP contribution is 2.66. The van der Waals surface area contributed by atoms with Gasteiger partial charge in [-0.05, 0) is 35.1 Å². The molecule has 2 aliphatic rings. The number of ketones is 2. The predicted octanol–water partition coefficient (Wildman–Crippen LogP) is 6.04. The first-order valence-electron chi connectivity index (χ1n) is 22.6. The topological polar surface area (TPSA) is 348 Å². The lowest BCUT2D eigenvalue weighted by atomic mass is 9.98. The summed E-state index contributed by atoms with van der Waals surface area (Å²) in [5, 5.41) is 16.4. The number of phosphoric acid groups is 3. The fourth-order valence-electron chi connectivity index (χ4n) is 7.98. The number of aliphatic hydroxyl groups is 1. The molecule has 1 aliphatic carbocycles. The maximum Gasteiger partial charge on any atom is 0.490 e. The second-order valence-electron chi connectivity index (χ2n) is 16.5. The number of nitrogen functional groups attached to an aromatic ring is 1. The van der Waals surface area contributed by atoms with E-state index in [9.17, 15) is 47.8 Å². The molecule has 1 fully saturated rings. The largest absolute Gasteiger partial charge is 0.490 e. The minimum absolute atomic E-state index is 0.0336. The van der Waals surface area contributed by atoms with Crippen LogP contribution in [-0.4, -0.2) is 113 Å². The van der Waals surface area contributed by atoms with E-state index in [2.05, 4.69) is 45.6 Å². The number of fused-ring (bicyclic) bond motifs is 4. The van der Waals surface area contributed by atoms with Gasteiger partial charge in [0.2, 0.25) is 5.91 Å². The van der Waals surface area contributed by atoms with Crippen LogP contribution in [-0.2, 0) is 50.7 Å². The van der Waals surface area contributed by atoms with Crippen LogP contribution in [0.3, 0.4) is 0 Å². The monoisotopic (exact) mass is 1100 g/mol. The number of carbonyl (C=O) groups is 4. The zero-order valence-electron chi connectivity index (χ0n) is 38.8. The average molecular weight is 1100 g/mol. The molecule has 1 saturated heterocycles. The molecule has 390 valence electrons. The molecule has 6 rings (SSSR count). The number of anilines is 1. The fraction of sp³-hybridized carbons (Fsp3) is 0.455. The van der Waals surface area contributed by atoms with Gasteiger partial charge in [0, 0.05) is 69.2 Å². The Morgan fingerprint density at radius 3 is 2.25 bits per heavy atom. The molecular formula is C44H55N6O17P3S2. The van der Waals surface area contributed by atoms with Crippen molar-refractivity contribution in [2.24, 2.45) is 0 Å². The number of nitrogens with one attached hydrogen (secondary N) is 2. The minimum Gasteiger partial charge on any atom is -0.449 e. The third-order valence-corrected chi connectivity index (χ3v) is 17.6. The molecule has 0 radical (unpaired) electrons. The molecule has 2 aromatic carbocycles. The number of alkyl carbamates (subject to hydrolysis) is 1. The number of aliphatic hydroxyl groups excluding tert-OH is 1. The summed E-state index contributed by atoms with van der Waals surface area (Å²) in [6.45, 7) is -0.782. The Morgan fingerprint density at radius 1 is 0.889 bits per heavy atom. The van der Waals surface area contributed by atoms with E-state index in [4.69, 9.17) is 25.0 Å². The number of nitrogens with zero attached hydrogens (tertiary/aromatic N) is 3. The molecule has 23 nitrogen and oxygen atoms in total. The second-order valence-corrected chi connectivity index (χ2v) is 23.5. The van der Waals surface area contributed by atoms with Gasteiger partial charge in [-0.1, -0.05) is 94.8 Å². The minimum atomic E-state index is -5.76. The number of Topliss-reactive ketones (excluding diaryl/α,β-unsaturated/α-hetero) is 2. The van der Waals surface area contributed by atoms with Crippen LogP contribution < -0.4 is 16.4 Å². The number of unbranched alkanes of at least 4 members (excludes halogenated alkanes) is 3. The number of rotatable bonds is 27. The summed E-state index contributed by atoms with van der Waals surface area (Å²) < 4.78 is 59.9. The Labute approximate surface area is 421 Å². The molecule has 1 aliphatic heterocycles. The summed E-state index contributed by atoms with van der Waals surface area (Å²) in [4.78, 5) is 96.2. The number of hydrogen-bond donors (Lipinski definition) is 8. The van der Waals surface area contributed by atoms with Gasteiger partial charge in [0.1, 0.15) is 48.6 Å². The number of aromatic nitrogens is 3. The van der Waals surface area contributed by atoms with Gasteiger partial charge in [0.25, 0.3) is 0 Å². The van der Waals surface area contributed by atoms with Crippen molar-refractivity contribution in [2.45, 2.75) is 94.6 Å². The number of phosphoric ester groups is 1. The number of hydrogen-bond acceptors (Lipinski definition) is 18. The highest BCUT2D eigenvalue weighted by atomic mass is 33.1. The zero-order valence-corrected chi connectivity index (χ0v) is 43.1. The second kappa shape index (κ2) is 26.1. The van der Waals surface area contributed by atoms with Gasteiger partial charge in [-0.2, -0.15) is 8.62 Å². The van der Waals surface area contributed by atoms with E-state index in [0.29, 0.717) is 36.0 Å². The fourth-order valence-corrected chi connectivity index (χ4v) is 13.2. The zero-order chi connectivity index (χ0) is 52.1. The summed E-state index contributed by atoms with van der Waals surface area (Å²) in [5.41, 5.74) is 11.1. The van der Waals surface area contributed by atoms with Crippen molar-refractivity contribution in [3.8, 4) is 23.0 Å². The van der Waals surface area contributed by atoms with Crippen LogP contribution in [0.2, 0.25) is 0 Å². The molecule has 3 heterocycles. The van der Waals surface area contributed by atoms with Gasteiger partial charge in [-0.3, -0.25) is 18.9 Å². The number of ether oxygens (including phenoxy) is 2. The summed E-state index contributed by atoms with van der Waals surface area (Å²) >= 11 is 0. The molecular weight excluding hydrogens is 1040 g/mol. The third-order valence-electron chi connectivity index (χ3n) is 11.4. The van der Waals surface area contributed by atoms with E-state index in [1.165, 1.54) is 38.7 Å². The molecule has 4 aromatic rings. The SMILES string of the molecule is CNC(=O)CCCCCCC(=O)C(CSSCCC(=O)CCC#Cc1cn(C2CC(O)C(COP(=O)(O)OP(=O)(O)OP(=O)(O)O)O2)c2ncnc(N)c12)NC(=O)OCC1c2ccccc2-c2ccccc21. The number of nitrogens with two attached hydrogens (primary N) is 1. The van der Waals surface area contributed by atoms with Gasteiger partial charge in [0.05, 0.1) is 23.7 Å². The Hall–Kier alpha value is -4.47. The quantitative estimate of drug-likeness (QED) is 0.0146. The lowest BCUT2D eigenvalue weighted by Crippen LogP contribution is -2.43. The van der Waals surface area contributed by atoms with Crippen LogP contribution >= 0.6 is 45.1 Å². The lowest BCUT2D eigenvalue weighted by molar-refractivity contribution is -0.121. The van der Waals surface area contributed by atoms with E-state index in [1.807, 2.05) is 48.5 Å². The third kappa shape index (κ3) is 16.5. The van der Waals surface area contributed by atoms with Crippen molar-refractivity contribution in [3.05, 3.63) is 77.7 Å². The molecule has 0 saturated carbocycles. The standard InChI is InChI=1S/C44H55N6O17P3S2/c1-46-39(54)19-5-3-2-4-18-36(52)35(49-44(55)63-24-34-32-16-10-8-14-30(32)31-15-9-11-17-33(31)34)26-72-71-21-20-29(51)13-7-6-12-28-23-50(43-41(28)42(45)47-27-48-43)40-22-37(53)38(65-40)25-64-69(59,60)67-70(61,62)66-68(56,57)58/h8-11,14-17,23,27,34-35,37-38,40,53H,2-5,7,13,18-22,24-26H2,1H3,(H,46,54)(H,49,55)(H,59,60)(H,61,62)(H2,45,47,48)(H2,56,57,58). The molecule has 72 heavy (non-hydrogen) atoms.